The summed E-state index contributed by atoms with van der Waals surface area (Å²) in [6, 6.07) is 9.62. The van der Waals surface area contributed by atoms with Crippen molar-refractivity contribution in [1.29, 1.82) is 0 Å². The first-order valence-corrected chi connectivity index (χ1v) is 9.50. The van der Waals surface area contributed by atoms with Crippen molar-refractivity contribution in [3.63, 3.8) is 0 Å². The molecule has 0 saturated carbocycles. The zero-order valence-corrected chi connectivity index (χ0v) is 17.1. The van der Waals surface area contributed by atoms with E-state index in [1.54, 1.807) is 29.2 Å². The Balaban J connectivity index is 1.74. The zero-order valence-electron chi connectivity index (χ0n) is 15.5. The molecule has 0 spiro atoms. The number of carbonyl (C=O) groups excluding carboxylic acids is 1. The van der Waals surface area contributed by atoms with Gasteiger partial charge in [-0.1, -0.05) is 34.4 Å². The van der Waals surface area contributed by atoms with Gasteiger partial charge < -0.3 is 14.6 Å². The normalized spacial score (nSPS) is 14.3. The quantitative estimate of drug-likeness (QED) is 0.403. The molecular formula is C19H18Cl2N4O4. The molecule has 2 aromatic carbocycles. The van der Waals surface area contributed by atoms with E-state index in [0.29, 0.717) is 53.0 Å². The Morgan fingerprint density at radius 3 is 2.52 bits per heavy atom. The molecule has 1 heterocycles. The van der Waals surface area contributed by atoms with Gasteiger partial charge in [0, 0.05) is 42.8 Å². The highest BCUT2D eigenvalue weighted by atomic mass is 35.5. The van der Waals surface area contributed by atoms with Crippen LogP contribution < -0.4 is 4.90 Å². The maximum atomic E-state index is 12.7. The Morgan fingerprint density at radius 1 is 1.17 bits per heavy atom. The molecule has 1 fully saturated rings. The average molecular weight is 437 g/mol. The topological polar surface area (TPSA) is 88.3 Å². The summed E-state index contributed by atoms with van der Waals surface area (Å²) in [7, 11) is 1.40. The summed E-state index contributed by atoms with van der Waals surface area (Å²) in [6.45, 7) is 1.76. The fourth-order valence-electron chi connectivity index (χ4n) is 3.13. The van der Waals surface area contributed by atoms with Gasteiger partial charge in [0.15, 0.2) is 0 Å². The van der Waals surface area contributed by atoms with Gasteiger partial charge in [-0.2, -0.15) is 0 Å². The minimum absolute atomic E-state index is 0.0226. The first kappa shape index (κ1) is 20.9. The summed E-state index contributed by atoms with van der Waals surface area (Å²) in [5.74, 6) is -0.188. The van der Waals surface area contributed by atoms with Crippen molar-refractivity contribution >= 4 is 46.7 Å². The van der Waals surface area contributed by atoms with Gasteiger partial charge >= 0.3 is 0 Å². The first-order valence-electron chi connectivity index (χ1n) is 8.75. The lowest BCUT2D eigenvalue weighted by Gasteiger charge is -2.36. The lowest BCUT2D eigenvalue weighted by atomic mass is 10.1. The molecule has 29 heavy (non-hydrogen) atoms. The molecule has 0 bridgehead atoms. The number of halogens is 2. The summed E-state index contributed by atoms with van der Waals surface area (Å²) in [6.07, 6.45) is 1.41. The average Bonchev–Trinajstić information content (AvgIpc) is 2.71. The highest BCUT2D eigenvalue weighted by Crippen LogP contribution is 2.30. The van der Waals surface area contributed by atoms with Gasteiger partial charge in [0.2, 0.25) is 0 Å². The maximum absolute atomic E-state index is 12.7. The summed E-state index contributed by atoms with van der Waals surface area (Å²) >= 11 is 12.0. The molecule has 3 rings (SSSR count). The summed E-state index contributed by atoms with van der Waals surface area (Å²) in [4.78, 5) is 32.0. The fourth-order valence-corrected chi connectivity index (χ4v) is 3.62. The standard InChI is InChI=1S/C19H18Cl2N4O4/c1-29-22-12-13-2-5-17(18(10-13)25(27)28)23-6-8-24(9-7-23)19(26)15-4-3-14(20)11-16(15)21/h2-5,10-12H,6-9H2,1H3/b22-12-. The van der Waals surface area contributed by atoms with Gasteiger partial charge in [0.25, 0.3) is 11.6 Å². The van der Waals surface area contributed by atoms with E-state index >= 15 is 0 Å². The number of piperazine rings is 1. The maximum Gasteiger partial charge on any atom is 0.293 e. The smallest absolute Gasteiger partial charge is 0.293 e. The number of nitrogens with zero attached hydrogens (tertiary/aromatic N) is 4. The monoisotopic (exact) mass is 436 g/mol. The molecule has 1 aliphatic heterocycles. The Morgan fingerprint density at radius 2 is 1.90 bits per heavy atom. The van der Waals surface area contributed by atoms with Crippen LogP contribution in [0.2, 0.25) is 10.0 Å². The van der Waals surface area contributed by atoms with Crippen molar-refractivity contribution in [2.24, 2.45) is 5.16 Å². The molecule has 0 unspecified atom stereocenters. The van der Waals surface area contributed by atoms with Gasteiger partial charge in [-0.05, 0) is 24.3 Å². The number of carbonyl (C=O) groups is 1. The zero-order chi connectivity index (χ0) is 21.0. The summed E-state index contributed by atoms with van der Waals surface area (Å²) in [5.41, 5.74) is 1.43. The highest BCUT2D eigenvalue weighted by molar-refractivity contribution is 6.36. The van der Waals surface area contributed by atoms with E-state index in [2.05, 4.69) is 9.99 Å². The van der Waals surface area contributed by atoms with Crippen LogP contribution in [-0.2, 0) is 4.84 Å². The number of hydrogen-bond donors (Lipinski definition) is 0. The lowest BCUT2D eigenvalue weighted by Crippen LogP contribution is -2.49. The van der Waals surface area contributed by atoms with Crippen LogP contribution in [0.1, 0.15) is 15.9 Å². The third-order valence-corrected chi connectivity index (χ3v) is 5.12. The minimum Gasteiger partial charge on any atom is -0.399 e. The number of oxime groups is 1. The number of anilines is 1. The van der Waals surface area contributed by atoms with Crippen LogP contribution in [-0.4, -0.2) is 55.2 Å². The predicted octanol–water partition coefficient (Wildman–Crippen LogP) is 3.84. The molecule has 1 amide bonds. The van der Waals surface area contributed by atoms with Crippen molar-refractivity contribution in [2.75, 3.05) is 38.2 Å². The third-order valence-electron chi connectivity index (χ3n) is 4.57. The van der Waals surface area contributed by atoms with Gasteiger partial charge in [-0.3, -0.25) is 14.9 Å². The summed E-state index contributed by atoms with van der Waals surface area (Å²) in [5, 5.41) is 15.9. The number of nitro groups is 1. The van der Waals surface area contributed by atoms with E-state index in [1.165, 1.54) is 25.5 Å². The van der Waals surface area contributed by atoms with E-state index in [0.717, 1.165) is 0 Å². The molecule has 2 aromatic rings. The number of benzene rings is 2. The van der Waals surface area contributed by atoms with Gasteiger partial charge in [0.1, 0.15) is 12.8 Å². The van der Waals surface area contributed by atoms with Crippen LogP contribution in [0.3, 0.4) is 0 Å². The van der Waals surface area contributed by atoms with Crippen LogP contribution in [0.15, 0.2) is 41.6 Å². The van der Waals surface area contributed by atoms with Crippen molar-refractivity contribution in [1.82, 2.24) is 4.90 Å². The SMILES string of the molecule is CO/N=C\c1ccc(N2CCN(C(=O)c3ccc(Cl)cc3Cl)CC2)c([N+](=O)[O-])c1. The molecule has 152 valence electrons. The Kier molecular flexibility index (Phi) is 6.56. The molecule has 0 atom stereocenters. The molecule has 0 aliphatic carbocycles. The van der Waals surface area contributed by atoms with Crippen LogP contribution >= 0.6 is 23.2 Å². The van der Waals surface area contributed by atoms with E-state index < -0.39 is 4.92 Å². The minimum atomic E-state index is -0.426. The molecule has 0 aromatic heterocycles. The van der Waals surface area contributed by atoms with Crippen LogP contribution in [0, 0.1) is 10.1 Å². The predicted molar refractivity (Wildman–Crippen MR) is 112 cm³/mol. The molecule has 10 heteroatoms. The van der Waals surface area contributed by atoms with E-state index in [-0.39, 0.29) is 11.6 Å². The first-order chi connectivity index (χ1) is 13.9. The largest absolute Gasteiger partial charge is 0.399 e. The van der Waals surface area contributed by atoms with Crippen molar-refractivity contribution in [3.05, 3.63) is 67.7 Å². The van der Waals surface area contributed by atoms with E-state index in [4.69, 9.17) is 23.2 Å². The van der Waals surface area contributed by atoms with E-state index in [1.807, 2.05) is 4.90 Å². The second-order valence-corrected chi connectivity index (χ2v) is 7.17. The lowest BCUT2D eigenvalue weighted by molar-refractivity contribution is -0.384. The van der Waals surface area contributed by atoms with Gasteiger partial charge in [-0.25, -0.2) is 0 Å². The summed E-state index contributed by atoms with van der Waals surface area (Å²) < 4.78 is 0. The van der Waals surface area contributed by atoms with Crippen LogP contribution in [0.4, 0.5) is 11.4 Å². The van der Waals surface area contributed by atoms with Crippen LogP contribution in [0.5, 0.6) is 0 Å². The third kappa shape index (κ3) is 4.78. The van der Waals surface area contributed by atoms with Crippen LogP contribution in [0.25, 0.3) is 0 Å². The van der Waals surface area contributed by atoms with Crippen molar-refractivity contribution in [2.45, 2.75) is 0 Å². The molecular weight excluding hydrogens is 419 g/mol. The molecule has 0 radical (unpaired) electrons. The second kappa shape index (κ2) is 9.11. The number of rotatable bonds is 5. The van der Waals surface area contributed by atoms with Gasteiger partial charge in [0.05, 0.1) is 21.7 Å². The molecule has 8 nitrogen and oxygen atoms in total. The molecule has 0 N–H and O–H groups in total. The molecule has 1 aliphatic rings. The van der Waals surface area contributed by atoms with E-state index in [9.17, 15) is 14.9 Å². The molecule has 1 saturated heterocycles. The second-order valence-electron chi connectivity index (χ2n) is 6.33. The Bertz CT molecular complexity index is 959. The number of nitro benzene ring substituents is 1. The number of amides is 1. The van der Waals surface area contributed by atoms with Crippen molar-refractivity contribution < 1.29 is 14.6 Å². The highest BCUT2D eigenvalue weighted by Gasteiger charge is 2.27. The Hall–Kier alpha value is -2.84. The Labute approximate surface area is 177 Å². The fraction of sp³-hybridized carbons (Fsp3) is 0.263. The van der Waals surface area contributed by atoms with Gasteiger partial charge in [-0.15, -0.1) is 0 Å². The van der Waals surface area contributed by atoms with Crippen molar-refractivity contribution in [3.8, 4) is 0 Å². The number of hydrogen-bond acceptors (Lipinski definition) is 6.